The second kappa shape index (κ2) is 9.01. The molecule has 30 heavy (non-hydrogen) atoms. The highest BCUT2D eigenvalue weighted by molar-refractivity contribution is 5.91. The summed E-state index contributed by atoms with van der Waals surface area (Å²) in [6, 6.07) is 18.5. The molecule has 2 unspecified atom stereocenters. The van der Waals surface area contributed by atoms with Gasteiger partial charge in [-0.25, -0.2) is 0 Å². The summed E-state index contributed by atoms with van der Waals surface area (Å²) in [6.45, 7) is 7.44. The molecule has 0 radical (unpaired) electrons. The average molecular weight is 401 g/mol. The number of ketones is 1. The molecule has 3 heteroatoms. The molecule has 1 aliphatic heterocycles. The maximum atomic E-state index is 11.2. The third-order valence-electron chi connectivity index (χ3n) is 6.49. The van der Waals surface area contributed by atoms with Gasteiger partial charge in [-0.2, -0.15) is 0 Å². The van der Waals surface area contributed by atoms with Gasteiger partial charge in [-0.15, -0.1) is 0 Å². The summed E-state index contributed by atoms with van der Waals surface area (Å²) in [7, 11) is 0. The van der Waals surface area contributed by atoms with E-state index in [0.29, 0.717) is 12.1 Å². The fourth-order valence-electron chi connectivity index (χ4n) is 4.79. The number of nitrogens with zero attached hydrogens (tertiary/aromatic N) is 2. The van der Waals surface area contributed by atoms with Crippen molar-refractivity contribution < 1.29 is 4.79 Å². The summed E-state index contributed by atoms with van der Waals surface area (Å²) in [4.78, 5) is 13.9. The Kier molecular flexibility index (Phi) is 6.19. The molecule has 0 aliphatic carbocycles. The van der Waals surface area contributed by atoms with Crippen LogP contribution in [-0.4, -0.2) is 33.9 Å². The van der Waals surface area contributed by atoms with Crippen LogP contribution in [0.25, 0.3) is 22.7 Å². The number of aromatic nitrogens is 1. The van der Waals surface area contributed by atoms with Crippen molar-refractivity contribution in [3.05, 3.63) is 71.9 Å². The second-order valence-corrected chi connectivity index (χ2v) is 8.69. The SMILES string of the molecule is CC(=O)/C=C/c1ccc(-n2cc(CCN3C(C)CCCC3C)c3ccccc32)cc1. The van der Waals surface area contributed by atoms with Gasteiger partial charge in [0.15, 0.2) is 5.78 Å². The lowest BCUT2D eigenvalue weighted by molar-refractivity contribution is -0.112. The van der Waals surface area contributed by atoms with Gasteiger partial charge in [0.05, 0.1) is 5.52 Å². The molecule has 0 bridgehead atoms. The maximum Gasteiger partial charge on any atom is 0.152 e. The third kappa shape index (κ3) is 4.41. The first-order valence-corrected chi connectivity index (χ1v) is 11.2. The molecular weight excluding hydrogens is 368 g/mol. The Hall–Kier alpha value is -2.65. The van der Waals surface area contributed by atoms with Crippen LogP contribution in [0, 0.1) is 0 Å². The Balaban J connectivity index is 1.60. The van der Waals surface area contributed by atoms with E-state index in [1.54, 1.807) is 13.0 Å². The molecule has 2 heterocycles. The number of hydrogen-bond donors (Lipinski definition) is 0. The summed E-state index contributed by atoms with van der Waals surface area (Å²) in [6.07, 6.45) is 10.8. The van der Waals surface area contributed by atoms with E-state index in [9.17, 15) is 4.79 Å². The quantitative estimate of drug-likeness (QED) is 0.472. The van der Waals surface area contributed by atoms with Gasteiger partial charge >= 0.3 is 0 Å². The van der Waals surface area contributed by atoms with E-state index < -0.39 is 0 Å². The minimum absolute atomic E-state index is 0.0671. The van der Waals surface area contributed by atoms with Gasteiger partial charge in [0.1, 0.15) is 0 Å². The van der Waals surface area contributed by atoms with Gasteiger partial charge in [0, 0.05) is 35.9 Å². The van der Waals surface area contributed by atoms with Gasteiger partial charge in [-0.1, -0.05) is 42.8 Å². The van der Waals surface area contributed by atoms with Crippen LogP contribution in [-0.2, 0) is 11.2 Å². The van der Waals surface area contributed by atoms with E-state index in [-0.39, 0.29) is 5.78 Å². The average Bonchev–Trinajstić information content (AvgIpc) is 3.11. The van der Waals surface area contributed by atoms with E-state index in [2.05, 4.69) is 78.0 Å². The lowest BCUT2D eigenvalue weighted by Gasteiger charge is -2.39. The first-order valence-electron chi connectivity index (χ1n) is 11.2. The zero-order chi connectivity index (χ0) is 21.1. The molecule has 0 N–H and O–H groups in total. The van der Waals surface area contributed by atoms with Crippen molar-refractivity contribution in [1.29, 1.82) is 0 Å². The van der Waals surface area contributed by atoms with Crippen molar-refractivity contribution in [2.24, 2.45) is 0 Å². The zero-order valence-corrected chi connectivity index (χ0v) is 18.3. The van der Waals surface area contributed by atoms with E-state index in [0.717, 1.165) is 24.2 Å². The molecule has 0 amide bonds. The molecule has 4 rings (SSSR count). The van der Waals surface area contributed by atoms with Crippen LogP contribution >= 0.6 is 0 Å². The van der Waals surface area contributed by atoms with Gasteiger partial charge in [0.2, 0.25) is 0 Å². The van der Waals surface area contributed by atoms with E-state index in [1.807, 2.05) is 6.08 Å². The van der Waals surface area contributed by atoms with Crippen molar-refractivity contribution >= 4 is 22.8 Å². The smallest absolute Gasteiger partial charge is 0.152 e. The number of rotatable bonds is 6. The Labute approximate surface area is 180 Å². The predicted molar refractivity (Wildman–Crippen MR) is 126 cm³/mol. The molecule has 1 saturated heterocycles. The number of para-hydroxylation sites is 1. The monoisotopic (exact) mass is 400 g/mol. The van der Waals surface area contributed by atoms with Crippen molar-refractivity contribution in [2.75, 3.05) is 6.54 Å². The summed E-state index contributed by atoms with van der Waals surface area (Å²) in [5.74, 6) is 0.0671. The molecule has 2 atom stereocenters. The molecule has 0 spiro atoms. The van der Waals surface area contributed by atoms with E-state index in [4.69, 9.17) is 0 Å². The standard InChI is InChI=1S/C27H32N2O/c1-20-7-6-8-21(2)28(20)18-17-24-19-29(27-10-5-4-9-26(24)27)25-15-13-23(14-16-25)12-11-22(3)30/h4-5,9-16,19-21H,6-8,17-18H2,1-3H3/b12-11+. The number of hydrogen-bond acceptors (Lipinski definition) is 2. The van der Waals surface area contributed by atoms with Gasteiger partial charge in [-0.05, 0) is 75.4 Å². The first kappa shape index (κ1) is 20.6. The zero-order valence-electron chi connectivity index (χ0n) is 18.3. The molecule has 0 saturated carbocycles. The molecule has 1 aromatic heterocycles. The molecule has 3 aromatic rings. The van der Waals surface area contributed by atoms with Gasteiger partial charge in [-0.3, -0.25) is 9.69 Å². The number of piperidine rings is 1. The summed E-state index contributed by atoms with van der Waals surface area (Å²) < 4.78 is 2.30. The molecular formula is C27H32N2O. The van der Waals surface area contributed by atoms with Crippen molar-refractivity contribution in [2.45, 2.75) is 58.5 Å². The normalized spacial score (nSPS) is 20.2. The fraction of sp³-hybridized carbons (Fsp3) is 0.370. The number of likely N-dealkylation sites (tertiary alicyclic amines) is 1. The summed E-state index contributed by atoms with van der Waals surface area (Å²) in [5, 5.41) is 1.34. The third-order valence-corrected chi connectivity index (χ3v) is 6.49. The van der Waals surface area contributed by atoms with Crippen LogP contribution in [0.5, 0.6) is 0 Å². The second-order valence-electron chi connectivity index (χ2n) is 8.69. The van der Waals surface area contributed by atoms with E-state index in [1.165, 1.54) is 35.7 Å². The number of carbonyl (C=O) groups excluding carboxylic acids is 1. The fourth-order valence-corrected chi connectivity index (χ4v) is 4.79. The first-order chi connectivity index (χ1) is 14.5. The largest absolute Gasteiger partial charge is 0.316 e. The molecule has 3 nitrogen and oxygen atoms in total. The number of allylic oxidation sites excluding steroid dienone is 1. The lowest BCUT2D eigenvalue weighted by Crippen LogP contribution is -2.44. The van der Waals surface area contributed by atoms with Crippen molar-refractivity contribution in [3.63, 3.8) is 0 Å². The molecule has 1 aliphatic rings. The van der Waals surface area contributed by atoms with Gasteiger partial charge in [0.25, 0.3) is 0 Å². The maximum absolute atomic E-state index is 11.2. The number of benzene rings is 2. The molecule has 156 valence electrons. The Bertz CT molecular complexity index is 1030. The van der Waals surface area contributed by atoms with Crippen LogP contribution in [0.2, 0.25) is 0 Å². The highest BCUT2D eigenvalue weighted by Crippen LogP contribution is 2.28. The van der Waals surface area contributed by atoms with Crippen LogP contribution in [0.4, 0.5) is 0 Å². The molecule has 2 aromatic carbocycles. The van der Waals surface area contributed by atoms with Crippen molar-refractivity contribution in [3.8, 4) is 5.69 Å². The Morgan fingerprint density at radius 1 is 1.03 bits per heavy atom. The van der Waals surface area contributed by atoms with Crippen LogP contribution in [0.1, 0.15) is 51.2 Å². The van der Waals surface area contributed by atoms with E-state index >= 15 is 0 Å². The van der Waals surface area contributed by atoms with Crippen LogP contribution in [0.3, 0.4) is 0 Å². The Morgan fingerprint density at radius 2 is 1.73 bits per heavy atom. The molecule has 1 fully saturated rings. The predicted octanol–water partition coefficient (Wildman–Crippen LogP) is 6.04. The number of carbonyl (C=O) groups is 1. The summed E-state index contributed by atoms with van der Waals surface area (Å²) in [5.41, 5.74) is 4.85. The van der Waals surface area contributed by atoms with Crippen molar-refractivity contribution in [1.82, 2.24) is 9.47 Å². The highest BCUT2D eigenvalue weighted by Gasteiger charge is 2.24. The number of fused-ring (bicyclic) bond motifs is 1. The van der Waals surface area contributed by atoms with Crippen LogP contribution < -0.4 is 0 Å². The summed E-state index contributed by atoms with van der Waals surface area (Å²) >= 11 is 0. The highest BCUT2D eigenvalue weighted by atomic mass is 16.1. The minimum atomic E-state index is 0.0671. The Morgan fingerprint density at radius 3 is 2.43 bits per heavy atom. The van der Waals surface area contributed by atoms with Crippen LogP contribution in [0.15, 0.2) is 60.8 Å². The van der Waals surface area contributed by atoms with Gasteiger partial charge < -0.3 is 4.57 Å². The lowest BCUT2D eigenvalue weighted by atomic mass is 9.97. The topological polar surface area (TPSA) is 25.2 Å². The minimum Gasteiger partial charge on any atom is -0.316 e.